The summed E-state index contributed by atoms with van der Waals surface area (Å²) in [6.07, 6.45) is -1.03. The van der Waals surface area contributed by atoms with E-state index in [0.717, 1.165) is 0 Å². The Kier molecular flexibility index (Phi) is 4.20. The summed E-state index contributed by atoms with van der Waals surface area (Å²) in [5.74, 6) is -0.774. The fourth-order valence-electron chi connectivity index (χ4n) is 2.80. The van der Waals surface area contributed by atoms with Crippen LogP contribution in [0.5, 0.6) is 5.75 Å². The summed E-state index contributed by atoms with van der Waals surface area (Å²) >= 11 is 0. The molecule has 2 unspecified atom stereocenters. The van der Waals surface area contributed by atoms with Crippen LogP contribution in [0, 0.1) is 5.82 Å². The van der Waals surface area contributed by atoms with Crippen LogP contribution in [0.25, 0.3) is 0 Å². The van der Waals surface area contributed by atoms with Gasteiger partial charge >= 0.3 is 5.97 Å². The Morgan fingerprint density at radius 3 is 2.38 bits per heavy atom. The van der Waals surface area contributed by atoms with Gasteiger partial charge in [0, 0.05) is 18.2 Å². The normalized spacial score (nSPS) is 19.6. The molecular formula is C18H16FNO4. The number of esters is 1. The molecule has 2 aromatic carbocycles. The van der Waals surface area contributed by atoms with Crippen molar-refractivity contribution in [2.75, 3.05) is 12.0 Å². The molecule has 0 radical (unpaired) electrons. The smallest absolute Gasteiger partial charge is 0.303 e. The van der Waals surface area contributed by atoms with E-state index in [2.05, 4.69) is 0 Å². The van der Waals surface area contributed by atoms with E-state index >= 15 is 0 Å². The van der Waals surface area contributed by atoms with Gasteiger partial charge in [0.25, 0.3) is 5.91 Å². The van der Waals surface area contributed by atoms with Crippen LogP contribution in [-0.4, -0.2) is 25.1 Å². The van der Waals surface area contributed by atoms with Gasteiger partial charge in [-0.3, -0.25) is 14.5 Å². The van der Waals surface area contributed by atoms with Gasteiger partial charge in [0.15, 0.2) is 0 Å². The highest BCUT2D eigenvalue weighted by Crippen LogP contribution is 2.42. The van der Waals surface area contributed by atoms with Crippen LogP contribution in [0.4, 0.5) is 10.1 Å². The average Bonchev–Trinajstić information content (AvgIpc) is 2.58. The molecule has 2 aromatic rings. The highest BCUT2D eigenvalue weighted by atomic mass is 19.1. The molecule has 1 aliphatic heterocycles. The highest BCUT2D eigenvalue weighted by Gasteiger charge is 2.52. The van der Waals surface area contributed by atoms with E-state index in [1.54, 1.807) is 49.6 Å². The lowest BCUT2D eigenvalue weighted by Gasteiger charge is -2.46. The van der Waals surface area contributed by atoms with Crippen LogP contribution >= 0.6 is 0 Å². The Morgan fingerprint density at radius 1 is 1.12 bits per heavy atom. The number of hydrogen-bond acceptors (Lipinski definition) is 4. The number of benzene rings is 2. The Bertz CT molecular complexity index is 775. The minimum Gasteiger partial charge on any atom is -0.497 e. The van der Waals surface area contributed by atoms with Crippen molar-refractivity contribution in [1.82, 2.24) is 0 Å². The molecule has 1 fully saturated rings. The van der Waals surface area contributed by atoms with Crippen molar-refractivity contribution in [2.24, 2.45) is 0 Å². The van der Waals surface area contributed by atoms with Gasteiger partial charge in [-0.15, -0.1) is 0 Å². The molecule has 1 saturated heterocycles. The molecule has 124 valence electrons. The first-order valence-electron chi connectivity index (χ1n) is 7.41. The number of amides is 1. The van der Waals surface area contributed by atoms with Gasteiger partial charge in [-0.25, -0.2) is 4.39 Å². The van der Waals surface area contributed by atoms with Crippen LogP contribution in [0.2, 0.25) is 0 Å². The molecule has 0 aliphatic carbocycles. The molecule has 3 rings (SSSR count). The summed E-state index contributed by atoms with van der Waals surface area (Å²) in [5.41, 5.74) is 0.886. The number of β-lactam (4-membered cyclic amide) rings is 1. The summed E-state index contributed by atoms with van der Waals surface area (Å²) in [6, 6.07) is 12.3. The van der Waals surface area contributed by atoms with Gasteiger partial charge in [0.05, 0.1) is 7.11 Å². The number of rotatable bonds is 4. The van der Waals surface area contributed by atoms with Crippen molar-refractivity contribution in [3.63, 3.8) is 0 Å². The number of hydrogen-bond donors (Lipinski definition) is 0. The predicted molar refractivity (Wildman–Crippen MR) is 85.2 cm³/mol. The molecule has 0 bridgehead atoms. The fourth-order valence-corrected chi connectivity index (χ4v) is 2.80. The maximum atomic E-state index is 14.2. The second-order valence-electron chi connectivity index (χ2n) is 5.40. The van der Waals surface area contributed by atoms with E-state index in [1.165, 1.54) is 17.9 Å². The van der Waals surface area contributed by atoms with E-state index in [4.69, 9.17) is 9.47 Å². The monoisotopic (exact) mass is 329 g/mol. The Hall–Kier alpha value is -2.89. The minimum atomic E-state index is -1.03. The summed E-state index contributed by atoms with van der Waals surface area (Å²) < 4.78 is 24.4. The van der Waals surface area contributed by atoms with E-state index < -0.39 is 23.9 Å². The first-order valence-corrected chi connectivity index (χ1v) is 7.41. The second kappa shape index (κ2) is 6.31. The lowest BCUT2D eigenvalue weighted by molar-refractivity contribution is -0.160. The standard InChI is InChI=1S/C18H16FNO4/c1-11(21)24-17-16(14-5-3-4-6-15(14)19)20(18(17)22)12-7-9-13(23-2)10-8-12/h3-10,16-17H,1-2H3. The lowest BCUT2D eigenvalue weighted by Crippen LogP contribution is -2.60. The third-order valence-electron chi connectivity index (χ3n) is 3.91. The number of anilines is 1. The molecular weight excluding hydrogens is 313 g/mol. The number of ether oxygens (including phenoxy) is 2. The second-order valence-corrected chi connectivity index (χ2v) is 5.40. The molecule has 0 saturated carbocycles. The van der Waals surface area contributed by atoms with Gasteiger partial charge in [-0.05, 0) is 30.3 Å². The number of nitrogens with zero attached hydrogens (tertiary/aromatic N) is 1. The van der Waals surface area contributed by atoms with Crippen LogP contribution in [-0.2, 0) is 14.3 Å². The van der Waals surface area contributed by atoms with Gasteiger partial charge in [0.2, 0.25) is 6.10 Å². The van der Waals surface area contributed by atoms with Crippen molar-refractivity contribution in [2.45, 2.75) is 19.1 Å². The third kappa shape index (κ3) is 2.71. The zero-order chi connectivity index (χ0) is 17.3. The quantitative estimate of drug-likeness (QED) is 0.639. The summed E-state index contributed by atoms with van der Waals surface area (Å²) in [5, 5.41) is 0. The molecule has 0 aromatic heterocycles. The minimum absolute atomic E-state index is 0.305. The molecule has 1 aliphatic rings. The van der Waals surface area contributed by atoms with Crippen molar-refractivity contribution in [3.8, 4) is 5.75 Å². The number of halogens is 1. The molecule has 24 heavy (non-hydrogen) atoms. The maximum absolute atomic E-state index is 14.2. The van der Waals surface area contributed by atoms with E-state index in [9.17, 15) is 14.0 Å². The molecule has 1 heterocycles. The third-order valence-corrected chi connectivity index (χ3v) is 3.91. The van der Waals surface area contributed by atoms with Crippen molar-refractivity contribution >= 4 is 17.6 Å². The average molecular weight is 329 g/mol. The van der Waals surface area contributed by atoms with E-state index in [-0.39, 0.29) is 5.91 Å². The van der Waals surface area contributed by atoms with Crippen molar-refractivity contribution in [3.05, 3.63) is 59.9 Å². The topological polar surface area (TPSA) is 55.8 Å². The molecule has 1 amide bonds. The summed E-state index contributed by atoms with van der Waals surface area (Å²) in [4.78, 5) is 25.1. The van der Waals surface area contributed by atoms with Crippen LogP contribution in [0.15, 0.2) is 48.5 Å². The number of methoxy groups -OCH3 is 1. The molecule has 0 N–H and O–H groups in total. The van der Waals surface area contributed by atoms with Gasteiger partial charge in [-0.2, -0.15) is 0 Å². The zero-order valence-electron chi connectivity index (χ0n) is 13.2. The molecule has 5 nitrogen and oxygen atoms in total. The highest BCUT2D eigenvalue weighted by molar-refractivity contribution is 6.06. The Morgan fingerprint density at radius 2 is 1.79 bits per heavy atom. The summed E-state index contributed by atoms with van der Waals surface area (Å²) in [7, 11) is 1.54. The summed E-state index contributed by atoms with van der Waals surface area (Å²) in [6.45, 7) is 1.22. The maximum Gasteiger partial charge on any atom is 0.303 e. The van der Waals surface area contributed by atoms with Crippen LogP contribution < -0.4 is 9.64 Å². The molecule has 2 atom stereocenters. The van der Waals surface area contributed by atoms with Gasteiger partial charge < -0.3 is 9.47 Å². The van der Waals surface area contributed by atoms with Crippen LogP contribution in [0.1, 0.15) is 18.5 Å². The number of carbonyl (C=O) groups is 2. The number of carbonyl (C=O) groups excluding carboxylic acids is 2. The lowest BCUT2D eigenvalue weighted by atomic mass is 9.89. The van der Waals surface area contributed by atoms with Gasteiger partial charge in [-0.1, -0.05) is 18.2 Å². The Balaban J connectivity index is 1.99. The van der Waals surface area contributed by atoms with E-state index in [1.807, 2.05) is 0 Å². The van der Waals surface area contributed by atoms with Crippen LogP contribution in [0.3, 0.4) is 0 Å². The molecule has 6 heteroatoms. The zero-order valence-corrected chi connectivity index (χ0v) is 13.2. The Labute approximate surface area is 138 Å². The van der Waals surface area contributed by atoms with Gasteiger partial charge in [0.1, 0.15) is 17.6 Å². The van der Waals surface area contributed by atoms with E-state index in [0.29, 0.717) is 17.0 Å². The largest absolute Gasteiger partial charge is 0.497 e. The molecule has 0 spiro atoms. The first kappa shape index (κ1) is 16.0. The van der Waals surface area contributed by atoms with Crippen molar-refractivity contribution in [1.29, 1.82) is 0 Å². The predicted octanol–water partition coefficient (Wildman–Crippen LogP) is 2.85. The first-order chi connectivity index (χ1) is 11.5. The van der Waals surface area contributed by atoms with Crippen molar-refractivity contribution < 1.29 is 23.5 Å². The SMILES string of the molecule is COc1ccc(N2C(=O)C(OC(C)=O)C2c2ccccc2F)cc1. The fraction of sp³-hybridized carbons (Fsp3) is 0.222.